The Morgan fingerprint density at radius 1 is 1.44 bits per heavy atom. The Balaban J connectivity index is 1.71. The summed E-state index contributed by atoms with van der Waals surface area (Å²) in [5, 5.41) is 4.55. The van der Waals surface area contributed by atoms with Crippen LogP contribution in [0.25, 0.3) is 0 Å². The van der Waals surface area contributed by atoms with Gasteiger partial charge in [-0.05, 0) is 38.3 Å². The van der Waals surface area contributed by atoms with Gasteiger partial charge < -0.3 is 5.32 Å². The zero-order chi connectivity index (χ0) is 6.53. The lowest BCUT2D eigenvalue weighted by molar-refractivity contribution is 0.633. The maximum absolute atomic E-state index is 3.42. The van der Waals surface area contributed by atoms with E-state index in [1.165, 1.54) is 32.4 Å². The predicted molar refractivity (Wildman–Crippen MR) is 44.0 cm³/mol. The molecule has 1 saturated carbocycles. The van der Waals surface area contributed by atoms with E-state index in [4.69, 9.17) is 0 Å². The molecule has 1 aliphatic carbocycles. The molecule has 1 N–H and O–H groups in total. The smallest absolute Gasteiger partial charge is 0.00433 e. The summed E-state index contributed by atoms with van der Waals surface area (Å²) in [5.41, 5.74) is 0. The highest BCUT2D eigenvalue weighted by atomic mass is 79.9. The predicted octanol–water partition coefficient (Wildman–Crippen LogP) is 1.77. The van der Waals surface area contributed by atoms with Crippen molar-refractivity contribution in [1.82, 2.24) is 5.32 Å². The topological polar surface area (TPSA) is 12.0 Å². The van der Waals surface area contributed by atoms with Crippen LogP contribution in [0.4, 0.5) is 0 Å². The fourth-order valence-corrected chi connectivity index (χ4v) is 1.10. The molecule has 0 amide bonds. The third-order valence-corrected chi connectivity index (χ3v) is 2.18. The van der Waals surface area contributed by atoms with Crippen LogP contribution >= 0.6 is 15.9 Å². The molecule has 1 nitrogen and oxygen atoms in total. The molecule has 0 heterocycles. The number of hydrogen-bond acceptors (Lipinski definition) is 1. The first-order valence-corrected chi connectivity index (χ1v) is 4.82. The molecule has 1 aliphatic rings. The maximum atomic E-state index is 3.42. The second kappa shape index (κ2) is 4.29. The lowest BCUT2D eigenvalue weighted by Crippen LogP contribution is -2.18. The average Bonchev–Trinajstić information content (AvgIpc) is 2.63. The Morgan fingerprint density at radius 3 is 2.78 bits per heavy atom. The van der Waals surface area contributed by atoms with Crippen molar-refractivity contribution in [1.29, 1.82) is 0 Å². The second-order valence-corrected chi connectivity index (χ2v) is 3.48. The minimum absolute atomic E-state index is 1.03. The third kappa shape index (κ3) is 3.93. The van der Waals surface area contributed by atoms with Crippen molar-refractivity contribution in [3.63, 3.8) is 0 Å². The van der Waals surface area contributed by atoms with E-state index in [-0.39, 0.29) is 0 Å². The number of rotatable bonds is 5. The quantitative estimate of drug-likeness (QED) is 0.517. The van der Waals surface area contributed by atoms with Crippen LogP contribution in [0.15, 0.2) is 0 Å². The van der Waals surface area contributed by atoms with Gasteiger partial charge in [0.05, 0.1) is 0 Å². The maximum Gasteiger partial charge on any atom is 0.00433 e. The molecule has 0 spiro atoms. The molecule has 9 heavy (non-hydrogen) atoms. The van der Waals surface area contributed by atoms with Gasteiger partial charge in [-0.25, -0.2) is 0 Å². The molecule has 0 radical (unpaired) electrons. The van der Waals surface area contributed by atoms with Crippen molar-refractivity contribution in [2.75, 3.05) is 18.4 Å². The van der Waals surface area contributed by atoms with Crippen molar-refractivity contribution in [2.45, 2.75) is 19.3 Å². The van der Waals surface area contributed by atoms with E-state index in [9.17, 15) is 0 Å². The van der Waals surface area contributed by atoms with Crippen molar-refractivity contribution in [2.24, 2.45) is 5.92 Å². The number of nitrogens with one attached hydrogen (secondary N) is 1. The Kier molecular flexibility index (Phi) is 3.59. The molecule has 0 atom stereocenters. The van der Waals surface area contributed by atoms with Crippen LogP contribution in [0, 0.1) is 5.92 Å². The van der Waals surface area contributed by atoms with Gasteiger partial charge in [0.1, 0.15) is 0 Å². The van der Waals surface area contributed by atoms with Crippen molar-refractivity contribution < 1.29 is 0 Å². The summed E-state index contributed by atoms with van der Waals surface area (Å²) in [6, 6.07) is 0. The van der Waals surface area contributed by atoms with Crippen LogP contribution in [0.5, 0.6) is 0 Å². The summed E-state index contributed by atoms with van der Waals surface area (Å²) in [4.78, 5) is 0. The summed E-state index contributed by atoms with van der Waals surface area (Å²) in [7, 11) is 0. The van der Waals surface area contributed by atoms with Crippen LogP contribution in [-0.2, 0) is 0 Å². The van der Waals surface area contributed by atoms with E-state index >= 15 is 0 Å². The highest BCUT2D eigenvalue weighted by Crippen LogP contribution is 2.27. The van der Waals surface area contributed by atoms with Gasteiger partial charge in [-0.1, -0.05) is 15.9 Å². The lowest BCUT2D eigenvalue weighted by atomic mass is 10.4. The molecule has 1 rings (SSSR count). The molecule has 0 unspecified atom stereocenters. The van der Waals surface area contributed by atoms with Gasteiger partial charge in [-0.2, -0.15) is 0 Å². The van der Waals surface area contributed by atoms with Crippen LogP contribution in [0.1, 0.15) is 19.3 Å². The number of hydrogen-bond donors (Lipinski definition) is 1. The fourth-order valence-electron chi connectivity index (χ4n) is 0.820. The monoisotopic (exact) mass is 191 g/mol. The Morgan fingerprint density at radius 2 is 2.22 bits per heavy atom. The Labute approximate surface area is 65.3 Å². The van der Waals surface area contributed by atoms with Gasteiger partial charge in [0, 0.05) is 5.33 Å². The largest absolute Gasteiger partial charge is 0.316 e. The SMILES string of the molecule is BrCCCNCC1CC1. The highest BCUT2D eigenvalue weighted by molar-refractivity contribution is 9.09. The van der Waals surface area contributed by atoms with Crippen LogP contribution in [0.3, 0.4) is 0 Å². The molecular weight excluding hydrogens is 178 g/mol. The number of halogens is 1. The Bertz CT molecular complexity index is 71.3. The summed E-state index contributed by atoms with van der Waals surface area (Å²) in [5.74, 6) is 1.03. The summed E-state index contributed by atoms with van der Waals surface area (Å²) in [6.45, 7) is 2.44. The van der Waals surface area contributed by atoms with Gasteiger partial charge in [-0.15, -0.1) is 0 Å². The first-order valence-electron chi connectivity index (χ1n) is 3.70. The van der Waals surface area contributed by atoms with Crippen LogP contribution < -0.4 is 5.32 Å². The van der Waals surface area contributed by atoms with E-state index in [2.05, 4.69) is 21.2 Å². The van der Waals surface area contributed by atoms with E-state index in [0.717, 1.165) is 11.2 Å². The van der Waals surface area contributed by atoms with Crippen LogP contribution in [0.2, 0.25) is 0 Å². The lowest BCUT2D eigenvalue weighted by Gasteiger charge is -1.99. The molecule has 1 fully saturated rings. The van der Waals surface area contributed by atoms with Gasteiger partial charge in [0.25, 0.3) is 0 Å². The zero-order valence-corrected chi connectivity index (χ0v) is 7.28. The van der Waals surface area contributed by atoms with Gasteiger partial charge in [-0.3, -0.25) is 0 Å². The summed E-state index contributed by atoms with van der Waals surface area (Å²) >= 11 is 3.39. The third-order valence-electron chi connectivity index (χ3n) is 1.62. The van der Waals surface area contributed by atoms with Gasteiger partial charge in [0.15, 0.2) is 0 Å². The Hall–Kier alpha value is 0.440. The van der Waals surface area contributed by atoms with E-state index in [1.807, 2.05) is 0 Å². The minimum atomic E-state index is 1.03. The number of alkyl halides is 1. The zero-order valence-electron chi connectivity index (χ0n) is 5.70. The minimum Gasteiger partial charge on any atom is -0.316 e. The molecule has 0 saturated heterocycles. The molecular formula is C7H14BrN. The summed E-state index contributed by atoms with van der Waals surface area (Å²) in [6.07, 6.45) is 4.18. The summed E-state index contributed by atoms with van der Waals surface area (Å²) < 4.78 is 0. The van der Waals surface area contributed by atoms with Gasteiger partial charge in [0.2, 0.25) is 0 Å². The first-order chi connectivity index (χ1) is 4.43. The van der Waals surface area contributed by atoms with Crippen LogP contribution in [-0.4, -0.2) is 18.4 Å². The van der Waals surface area contributed by atoms with Gasteiger partial charge >= 0.3 is 0 Å². The normalized spacial score (nSPS) is 18.3. The fraction of sp³-hybridized carbons (Fsp3) is 1.00. The highest BCUT2D eigenvalue weighted by Gasteiger charge is 2.19. The average molecular weight is 192 g/mol. The van der Waals surface area contributed by atoms with E-state index in [1.54, 1.807) is 0 Å². The molecule has 0 bridgehead atoms. The second-order valence-electron chi connectivity index (χ2n) is 2.69. The standard InChI is InChI=1S/C7H14BrN/c8-4-1-5-9-6-7-2-3-7/h7,9H,1-6H2. The van der Waals surface area contributed by atoms with E-state index < -0.39 is 0 Å². The molecule has 0 aromatic heterocycles. The van der Waals surface area contributed by atoms with Crippen molar-refractivity contribution >= 4 is 15.9 Å². The first kappa shape index (κ1) is 7.55. The van der Waals surface area contributed by atoms with E-state index in [0.29, 0.717) is 0 Å². The molecule has 0 aromatic rings. The van der Waals surface area contributed by atoms with Crippen molar-refractivity contribution in [3.05, 3.63) is 0 Å². The molecule has 0 aromatic carbocycles. The molecule has 54 valence electrons. The van der Waals surface area contributed by atoms with Crippen molar-refractivity contribution in [3.8, 4) is 0 Å². The molecule has 0 aliphatic heterocycles. The molecule has 2 heteroatoms.